The second kappa shape index (κ2) is 9.35. The van der Waals surface area contributed by atoms with Crippen molar-refractivity contribution in [1.82, 2.24) is 10.2 Å². The Morgan fingerprint density at radius 2 is 2.00 bits per heavy atom. The molecule has 3 N–H and O–H groups in total. The summed E-state index contributed by atoms with van der Waals surface area (Å²) in [5.74, 6) is 1.51. The monoisotopic (exact) mass is 283 g/mol. The van der Waals surface area contributed by atoms with Gasteiger partial charge in [0, 0.05) is 13.1 Å². The number of carbonyl (C=O) groups excluding carboxylic acids is 1. The number of rotatable bonds is 8. The molecule has 0 radical (unpaired) electrons. The highest BCUT2D eigenvalue weighted by molar-refractivity contribution is 5.78. The average molecular weight is 283 g/mol. The fraction of sp³-hybridized carbons (Fsp3) is 0.938. The maximum atomic E-state index is 12.0. The van der Waals surface area contributed by atoms with E-state index in [1.54, 1.807) is 0 Å². The number of nitrogens with zero attached hydrogens (tertiary/aromatic N) is 1. The molecule has 0 spiro atoms. The van der Waals surface area contributed by atoms with E-state index in [-0.39, 0.29) is 11.8 Å². The highest BCUT2D eigenvalue weighted by Crippen LogP contribution is 2.15. The lowest BCUT2D eigenvalue weighted by molar-refractivity contribution is -0.125. The van der Waals surface area contributed by atoms with Crippen molar-refractivity contribution >= 4 is 5.91 Å². The third-order valence-corrected chi connectivity index (χ3v) is 4.24. The van der Waals surface area contributed by atoms with Crippen LogP contribution in [0.4, 0.5) is 0 Å². The number of piperidine rings is 1. The molecule has 4 heteroatoms. The quantitative estimate of drug-likeness (QED) is 0.668. The summed E-state index contributed by atoms with van der Waals surface area (Å²) in [7, 11) is 0. The van der Waals surface area contributed by atoms with Crippen LogP contribution in [0.3, 0.4) is 0 Å². The molecular weight excluding hydrogens is 250 g/mol. The lowest BCUT2D eigenvalue weighted by Gasteiger charge is -2.30. The fourth-order valence-electron chi connectivity index (χ4n) is 2.82. The Labute approximate surface area is 124 Å². The summed E-state index contributed by atoms with van der Waals surface area (Å²) < 4.78 is 0. The molecule has 0 aromatic carbocycles. The number of nitrogens with two attached hydrogens (primary N) is 1. The normalized spacial score (nSPS) is 19.2. The molecule has 0 aromatic rings. The third kappa shape index (κ3) is 6.71. The van der Waals surface area contributed by atoms with Crippen molar-refractivity contribution in [3.05, 3.63) is 0 Å². The molecule has 0 aromatic heterocycles. The van der Waals surface area contributed by atoms with E-state index in [4.69, 9.17) is 5.73 Å². The Balaban J connectivity index is 2.12. The second-order valence-electron chi connectivity index (χ2n) is 6.73. The number of carbonyl (C=O) groups is 1. The summed E-state index contributed by atoms with van der Waals surface area (Å²) in [6.45, 7) is 11.4. The van der Waals surface area contributed by atoms with E-state index in [1.807, 2.05) is 0 Å². The molecule has 20 heavy (non-hydrogen) atoms. The molecule has 1 aliphatic rings. The molecule has 0 aliphatic carbocycles. The van der Waals surface area contributed by atoms with Crippen molar-refractivity contribution in [3.63, 3.8) is 0 Å². The second-order valence-corrected chi connectivity index (χ2v) is 6.73. The molecule has 1 amide bonds. The van der Waals surface area contributed by atoms with Crippen molar-refractivity contribution in [2.45, 2.75) is 46.5 Å². The molecule has 1 unspecified atom stereocenters. The Morgan fingerprint density at radius 1 is 1.35 bits per heavy atom. The van der Waals surface area contributed by atoms with Crippen LogP contribution in [-0.4, -0.2) is 43.5 Å². The standard InChI is InChI=1S/C16H33N3O/c1-13(2)11-15(12-17)16(20)18-7-4-8-19-9-5-14(3)6-10-19/h13-15H,4-12,17H2,1-3H3,(H,18,20). The lowest BCUT2D eigenvalue weighted by atomic mass is 9.96. The molecule has 1 aliphatic heterocycles. The van der Waals surface area contributed by atoms with Gasteiger partial charge in [0.1, 0.15) is 0 Å². The maximum Gasteiger partial charge on any atom is 0.224 e. The van der Waals surface area contributed by atoms with Crippen LogP contribution in [-0.2, 0) is 4.79 Å². The zero-order valence-electron chi connectivity index (χ0n) is 13.5. The van der Waals surface area contributed by atoms with E-state index in [9.17, 15) is 4.79 Å². The third-order valence-electron chi connectivity index (χ3n) is 4.24. The van der Waals surface area contributed by atoms with E-state index < -0.39 is 0 Å². The Morgan fingerprint density at radius 3 is 2.55 bits per heavy atom. The molecule has 1 atom stereocenters. The van der Waals surface area contributed by atoms with Gasteiger partial charge >= 0.3 is 0 Å². The molecule has 0 bridgehead atoms. The van der Waals surface area contributed by atoms with Crippen LogP contribution in [0.1, 0.15) is 46.5 Å². The van der Waals surface area contributed by atoms with Crippen molar-refractivity contribution in [2.75, 3.05) is 32.7 Å². The van der Waals surface area contributed by atoms with Crippen LogP contribution in [0.5, 0.6) is 0 Å². The van der Waals surface area contributed by atoms with Gasteiger partial charge in [-0.2, -0.15) is 0 Å². The van der Waals surface area contributed by atoms with E-state index in [2.05, 4.69) is 31.0 Å². The highest BCUT2D eigenvalue weighted by atomic mass is 16.1. The number of hydrogen-bond donors (Lipinski definition) is 2. The predicted molar refractivity (Wildman–Crippen MR) is 84.5 cm³/mol. The first-order chi connectivity index (χ1) is 9.52. The molecule has 1 heterocycles. The smallest absolute Gasteiger partial charge is 0.224 e. The predicted octanol–water partition coefficient (Wildman–Crippen LogP) is 1.85. The highest BCUT2D eigenvalue weighted by Gasteiger charge is 2.18. The SMILES string of the molecule is CC(C)CC(CN)C(=O)NCCCN1CCC(C)CC1. The summed E-state index contributed by atoms with van der Waals surface area (Å²) in [4.78, 5) is 14.5. The van der Waals surface area contributed by atoms with Gasteiger partial charge < -0.3 is 16.0 Å². The van der Waals surface area contributed by atoms with Crippen LogP contribution in [0.15, 0.2) is 0 Å². The van der Waals surface area contributed by atoms with Crippen molar-refractivity contribution in [2.24, 2.45) is 23.5 Å². The first-order valence-corrected chi connectivity index (χ1v) is 8.23. The van der Waals surface area contributed by atoms with Gasteiger partial charge in [-0.25, -0.2) is 0 Å². The zero-order chi connectivity index (χ0) is 15.0. The first-order valence-electron chi connectivity index (χ1n) is 8.23. The molecule has 118 valence electrons. The van der Waals surface area contributed by atoms with Gasteiger partial charge in [0.2, 0.25) is 5.91 Å². The first kappa shape index (κ1) is 17.4. The Kier molecular flexibility index (Phi) is 8.15. The molecule has 4 nitrogen and oxygen atoms in total. The van der Waals surface area contributed by atoms with Crippen LogP contribution >= 0.6 is 0 Å². The van der Waals surface area contributed by atoms with Crippen LogP contribution < -0.4 is 11.1 Å². The number of hydrogen-bond acceptors (Lipinski definition) is 3. The van der Waals surface area contributed by atoms with Gasteiger partial charge in [0.05, 0.1) is 5.92 Å². The largest absolute Gasteiger partial charge is 0.356 e. The van der Waals surface area contributed by atoms with Gasteiger partial charge in [0.15, 0.2) is 0 Å². The Bertz CT molecular complexity index is 273. The molecule has 0 saturated carbocycles. The molecule has 1 fully saturated rings. The summed E-state index contributed by atoms with van der Waals surface area (Å²) in [5, 5.41) is 3.04. The van der Waals surface area contributed by atoms with E-state index in [1.165, 1.54) is 25.9 Å². The van der Waals surface area contributed by atoms with Crippen molar-refractivity contribution < 1.29 is 4.79 Å². The summed E-state index contributed by atoms with van der Waals surface area (Å²) >= 11 is 0. The fourth-order valence-corrected chi connectivity index (χ4v) is 2.82. The van der Waals surface area contributed by atoms with Gasteiger partial charge in [-0.05, 0) is 57.2 Å². The van der Waals surface area contributed by atoms with Crippen LogP contribution in [0.2, 0.25) is 0 Å². The van der Waals surface area contributed by atoms with Gasteiger partial charge in [-0.15, -0.1) is 0 Å². The molecular formula is C16H33N3O. The minimum Gasteiger partial charge on any atom is -0.356 e. The van der Waals surface area contributed by atoms with E-state index in [0.29, 0.717) is 12.5 Å². The molecule has 1 saturated heterocycles. The summed E-state index contributed by atoms with van der Waals surface area (Å²) in [5.41, 5.74) is 5.69. The summed E-state index contributed by atoms with van der Waals surface area (Å²) in [6.07, 6.45) is 4.55. The number of nitrogens with one attached hydrogen (secondary N) is 1. The molecule has 1 rings (SSSR count). The van der Waals surface area contributed by atoms with Gasteiger partial charge in [-0.1, -0.05) is 20.8 Å². The number of likely N-dealkylation sites (tertiary alicyclic amines) is 1. The topological polar surface area (TPSA) is 58.4 Å². The van der Waals surface area contributed by atoms with Crippen molar-refractivity contribution in [3.8, 4) is 0 Å². The summed E-state index contributed by atoms with van der Waals surface area (Å²) in [6, 6.07) is 0. The minimum atomic E-state index is -0.0224. The zero-order valence-corrected chi connectivity index (χ0v) is 13.5. The van der Waals surface area contributed by atoms with E-state index >= 15 is 0 Å². The van der Waals surface area contributed by atoms with Gasteiger partial charge in [-0.3, -0.25) is 4.79 Å². The van der Waals surface area contributed by atoms with Gasteiger partial charge in [0.25, 0.3) is 0 Å². The lowest BCUT2D eigenvalue weighted by Crippen LogP contribution is -2.38. The number of amides is 1. The Hall–Kier alpha value is -0.610. The van der Waals surface area contributed by atoms with Crippen LogP contribution in [0.25, 0.3) is 0 Å². The van der Waals surface area contributed by atoms with Crippen molar-refractivity contribution in [1.29, 1.82) is 0 Å². The average Bonchev–Trinajstić information content (AvgIpc) is 2.42. The maximum absolute atomic E-state index is 12.0. The van der Waals surface area contributed by atoms with E-state index in [0.717, 1.165) is 31.8 Å². The van der Waals surface area contributed by atoms with Crippen LogP contribution in [0, 0.1) is 17.8 Å². The minimum absolute atomic E-state index is 0.0224.